The second-order valence-electron chi connectivity index (χ2n) is 5.89. The molecule has 2 aliphatic heterocycles. The van der Waals surface area contributed by atoms with Crippen molar-refractivity contribution >= 4 is 5.69 Å². The number of likely N-dealkylation sites (tertiary alicyclic amines) is 1. The lowest BCUT2D eigenvalue weighted by Gasteiger charge is -2.25. The van der Waals surface area contributed by atoms with E-state index in [1.807, 2.05) is 12.1 Å². The maximum atomic E-state index is 14.0. The molecule has 2 unspecified atom stereocenters. The van der Waals surface area contributed by atoms with Crippen LogP contribution in [0, 0.1) is 5.82 Å². The Morgan fingerprint density at radius 3 is 2.89 bits per heavy atom. The number of hydrogen-bond acceptors (Lipinski definition) is 3. The topological polar surface area (TPSA) is 32.5 Å². The molecule has 4 heteroatoms. The van der Waals surface area contributed by atoms with Crippen LogP contribution in [0.25, 0.3) is 0 Å². The van der Waals surface area contributed by atoms with E-state index < -0.39 is 0 Å². The molecule has 3 nitrogen and oxygen atoms in total. The van der Waals surface area contributed by atoms with Gasteiger partial charge in [0.15, 0.2) is 5.82 Å². The number of fused-ring (bicyclic) bond motifs is 2. The second kappa shape index (κ2) is 5.10. The van der Waals surface area contributed by atoms with Gasteiger partial charge in [-0.2, -0.15) is 0 Å². The Bertz CT molecular complexity index is 463. The first-order chi connectivity index (χ1) is 9.15. The lowest BCUT2D eigenvalue weighted by Crippen LogP contribution is -2.36. The van der Waals surface area contributed by atoms with E-state index in [0.717, 1.165) is 24.7 Å². The van der Waals surface area contributed by atoms with Gasteiger partial charge in [0.25, 0.3) is 0 Å². The van der Waals surface area contributed by atoms with Crippen LogP contribution in [0.5, 0.6) is 0 Å². The molecule has 2 N–H and O–H groups in total. The standard InChI is InChI=1S/C15H22FN3/c1-18-12-5-6-13(18)10-19(8-7-12)9-11-3-2-4-14(17)15(11)16/h2-4,12-13H,5-10,17H2,1H3. The number of anilines is 1. The quantitative estimate of drug-likeness (QED) is 0.829. The molecule has 0 aromatic heterocycles. The first-order valence-electron chi connectivity index (χ1n) is 7.12. The smallest absolute Gasteiger partial charge is 0.150 e. The molecule has 0 spiro atoms. The maximum absolute atomic E-state index is 14.0. The fraction of sp³-hybridized carbons (Fsp3) is 0.600. The van der Waals surface area contributed by atoms with Crippen molar-refractivity contribution in [3.8, 4) is 0 Å². The van der Waals surface area contributed by atoms with Crippen molar-refractivity contribution in [1.29, 1.82) is 0 Å². The monoisotopic (exact) mass is 263 g/mol. The van der Waals surface area contributed by atoms with Crippen molar-refractivity contribution < 1.29 is 4.39 Å². The number of hydrogen-bond donors (Lipinski definition) is 1. The molecule has 1 aromatic carbocycles. The summed E-state index contributed by atoms with van der Waals surface area (Å²) in [5, 5.41) is 0. The Morgan fingerprint density at radius 2 is 2.05 bits per heavy atom. The average molecular weight is 263 g/mol. The van der Waals surface area contributed by atoms with E-state index in [1.54, 1.807) is 6.07 Å². The zero-order chi connectivity index (χ0) is 13.4. The normalized spacial score (nSPS) is 28.5. The maximum Gasteiger partial charge on any atom is 0.150 e. The molecular formula is C15H22FN3. The van der Waals surface area contributed by atoms with Gasteiger partial charge in [-0.3, -0.25) is 9.80 Å². The van der Waals surface area contributed by atoms with E-state index in [-0.39, 0.29) is 11.5 Å². The Hall–Kier alpha value is -1.13. The van der Waals surface area contributed by atoms with Gasteiger partial charge in [0.2, 0.25) is 0 Å². The molecule has 1 aromatic rings. The third kappa shape index (κ3) is 2.47. The van der Waals surface area contributed by atoms with Crippen molar-refractivity contribution in [2.75, 3.05) is 25.9 Å². The van der Waals surface area contributed by atoms with Crippen LogP contribution in [0.3, 0.4) is 0 Å². The summed E-state index contributed by atoms with van der Waals surface area (Å²) < 4.78 is 14.0. The highest BCUT2D eigenvalue weighted by atomic mass is 19.1. The molecule has 0 amide bonds. The van der Waals surface area contributed by atoms with Gasteiger partial charge in [0.1, 0.15) is 0 Å². The van der Waals surface area contributed by atoms with Gasteiger partial charge in [0.05, 0.1) is 5.69 Å². The van der Waals surface area contributed by atoms with Crippen LogP contribution in [-0.2, 0) is 6.54 Å². The van der Waals surface area contributed by atoms with Crippen LogP contribution < -0.4 is 5.73 Å². The predicted molar refractivity (Wildman–Crippen MR) is 75.3 cm³/mol. The zero-order valence-corrected chi connectivity index (χ0v) is 11.5. The Balaban J connectivity index is 1.72. The molecule has 104 valence electrons. The lowest BCUT2D eigenvalue weighted by molar-refractivity contribution is 0.213. The molecule has 2 heterocycles. The van der Waals surface area contributed by atoms with E-state index in [9.17, 15) is 4.39 Å². The van der Waals surface area contributed by atoms with Gasteiger partial charge in [-0.1, -0.05) is 12.1 Å². The highest BCUT2D eigenvalue weighted by Crippen LogP contribution is 2.29. The lowest BCUT2D eigenvalue weighted by atomic mass is 10.1. The van der Waals surface area contributed by atoms with Gasteiger partial charge in [-0.15, -0.1) is 0 Å². The zero-order valence-electron chi connectivity index (χ0n) is 11.5. The van der Waals surface area contributed by atoms with Crippen molar-refractivity contribution in [1.82, 2.24) is 9.80 Å². The molecule has 19 heavy (non-hydrogen) atoms. The second-order valence-corrected chi connectivity index (χ2v) is 5.89. The number of halogens is 1. The number of benzene rings is 1. The van der Waals surface area contributed by atoms with E-state index >= 15 is 0 Å². The number of nitrogens with zero attached hydrogens (tertiary/aromatic N) is 2. The largest absolute Gasteiger partial charge is 0.396 e. The van der Waals surface area contributed by atoms with Crippen molar-refractivity contribution in [3.05, 3.63) is 29.6 Å². The summed E-state index contributed by atoms with van der Waals surface area (Å²) in [6.45, 7) is 2.77. The number of nitrogens with two attached hydrogens (primary N) is 1. The van der Waals surface area contributed by atoms with Crippen LogP contribution in [0.1, 0.15) is 24.8 Å². The summed E-state index contributed by atoms with van der Waals surface area (Å²) in [7, 11) is 2.23. The van der Waals surface area contributed by atoms with Crippen molar-refractivity contribution in [3.63, 3.8) is 0 Å². The van der Waals surface area contributed by atoms with Gasteiger partial charge in [0, 0.05) is 37.3 Å². The summed E-state index contributed by atoms with van der Waals surface area (Å²) in [6.07, 6.45) is 3.79. The molecule has 2 fully saturated rings. The highest BCUT2D eigenvalue weighted by molar-refractivity contribution is 5.42. The third-order valence-corrected chi connectivity index (χ3v) is 4.74. The summed E-state index contributed by atoms with van der Waals surface area (Å²) in [5.74, 6) is -0.245. The number of nitrogen functional groups attached to an aromatic ring is 1. The summed E-state index contributed by atoms with van der Waals surface area (Å²) in [5.41, 5.74) is 6.62. The molecule has 2 atom stereocenters. The summed E-state index contributed by atoms with van der Waals surface area (Å²) >= 11 is 0. The molecule has 2 bridgehead atoms. The van der Waals surface area contributed by atoms with Gasteiger partial charge >= 0.3 is 0 Å². The van der Waals surface area contributed by atoms with E-state index in [0.29, 0.717) is 12.6 Å². The van der Waals surface area contributed by atoms with Crippen molar-refractivity contribution in [2.24, 2.45) is 0 Å². The Morgan fingerprint density at radius 1 is 1.26 bits per heavy atom. The minimum absolute atomic E-state index is 0.245. The van der Waals surface area contributed by atoms with Crippen LogP contribution in [-0.4, -0.2) is 42.0 Å². The molecule has 2 aliphatic rings. The average Bonchev–Trinajstić information content (AvgIpc) is 2.63. The van der Waals surface area contributed by atoms with E-state index in [4.69, 9.17) is 5.73 Å². The van der Waals surface area contributed by atoms with Crippen molar-refractivity contribution in [2.45, 2.75) is 37.9 Å². The summed E-state index contributed by atoms with van der Waals surface area (Å²) in [4.78, 5) is 4.88. The van der Waals surface area contributed by atoms with Crippen LogP contribution in [0.4, 0.5) is 10.1 Å². The minimum atomic E-state index is -0.245. The van der Waals surface area contributed by atoms with Crippen LogP contribution in [0.15, 0.2) is 18.2 Å². The third-order valence-electron chi connectivity index (χ3n) is 4.74. The van der Waals surface area contributed by atoms with E-state index in [1.165, 1.54) is 19.3 Å². The molecule has 2 saturated heterocycles. The Kier molecular flexibility index (Phi) is 3.46. The first kappa shape index (κ1) is 12.9. The first-order valence-corrected chi connectivity index (χ1v) is 7.12. The SMILES string of the molecule is CN1C2CCC1CN(Cc1cccc(N)c1F)CC2. The van der Waals surface area contributed by atoms with Gasteiger partial charge in [-0.25, -0.2) is 4.39 Å². The highest BCUT2D eigenvalue weighted by Gasteiger charge is 2.34. The fourth-order valence-corrected chi connectivity index (χ4v) is 3.49. The summed E-state index contributed by atoms with van der Waals surface area (Å²) in [6, 6.07) is 6.66. The molecule has 3 rings (SSSR count). The molecule has 0 aliphatic carbocycles. The van der Waals surface area contributed by atoms with Crippen LogP contribution >= 0.6 is 0 Å². The minimum Gasteiger partial charge on any atom is -0.396 e. The number of likely N-dealkylation sites (N-methyl/N-ethyl adjacent to an activating group) is 1. The molecule has 0 radical (unpaired) electrons. The number of rotatable bonds is 2. The predicted octanol–water partition coefficient (Wildman–Crippen LogP) is 2.08. The fourth-order valence-electron chi connectivity index (χ4n) is 3.49. The van der Waals surface area contributed by atoms with Crippen LogP contribution in [0.2, 0.25) is 0 Å². The van der Waals surface area contributed by atoms with Gasteiger partial charge in [-0.05, 0) is 32.4 Å². The van der Waals surface area contributed by atoms with E-state index in [2.05, 4.69) is 16.8 Å². The Labute approximate surface area is 114 Å². The van der Waals surface area contributed by atoms with Gasteiger partial charge < -0.3 is 5.73 Å². The molecule has 0 saturated carbocycles. The molecular weight excluding hydrogens is 241 g/mol.